The molecule has 3 nitrogen and oxygen atoms in total. The third-order valence-corrected chi connectivity index (χ3v) is 12.9. The molecule has 1 aromatic rings. The molecule has 18 heavy (non-hydrogen) atoms. The fourth-order valence-corrected chi connectivity index (χ4v) is 5.54. The molecule has 0 radical (unpaired) electrons. The summed E-state index contributed by atoms with van der Waals surface area (Å²) in [7, 11) is 5.92. The van der Waals surface area contributed by atoms with Gasteiger partial charge >= 0.3 is 0 Å². The minimum Gasteiger partial charge on any atom is -0.384 e. The van der Waals surface area contributed by atoms with Crippen LogP contribution in [0.15, 0.2) is 12.3 Å². The minimum absolute atomic E-state index is 0.117. The average molecular weight is 318 g/mol. The Morgan fingerprint density at radius 3 is 3.11 bits per heavy atom. The molecular formula is C11H18N2OP4. The van der Waals surface area contributed by atoms with Gasteiger partial charge in [0.25, 0.3) is 0 Å². The molecule has 1 aromatic heterocycles. The third-order valence-electron chi connectivity index (χ3n) is 3.09. The molecule has 0 saturated carbocycles. The summed E-state index contributed by atoms with van der Waals surface area (Å²) in [4.78, 5) is 17.0. The van der Waals surface area contributed by atoms with Crippen molar-refractivity contribution in [1.29, 1.82) is 0 Å². The van der Waals surface area contributed by atoms with E-state index in [0.29, 0.717) is 7.96 Å². The number of hydrogen-bond acceptors (Lipinski definition) is 3. The summed E-state index contributed by atoms with van der Waals surface area (Å²) in [6, 6.07) is 1.92. The second-order valence-corrected chi connectivity index (χ2v) is 13.4. The molecule has 5 unspecified atom stereocenters. The van der Waals surface area contributed by atoms with E-state index in [0.717, 1.165) is 36.1 Å². The summed E-state index contributed by atoms with van der Waals surface area (Å²) in [5.74, 6) is 0.401. The predicted molar refractivity (Wildman–Crippen MR) is 89.7 cm³/mol. The molecule has 5 atom stereocenters. The van der Waals surface area contributed by atoms with E-state index < -0.39 is 7.30 Å². The summed E-state index contributed by atoms with van der Waals surface area (Å²) in [6.07, 6.45) is 3.81. The second-order valence-electron chi connectivity index (χ2n) is 4.29. The van der Waals surface area contributed by atoms with Crippen molar-refractivity contribution in [3.63, 3.8) is 0 Å². The molecule has 0 aromatic carbocycles. The molecule has 0 aliphatic carbocycles. The summed E-state index contributed by atoms with van der Waals surface area (Å²) in [6.45, 7) is 2.89. The molecule has 0 fully saturated rings. The third kappa shape index (κ3) is 2.91. The van der Waals surface area contributed by atoms with Crippen LogP contribution in [-0.4, -0.2) is 17.3 Å². The zero-order valence-electron chi connectivity index (χ0n) is 10.3. The number of Topliss-reactive ketones (excluding diaryl/α,β-unsaturated/α-hetero) is 1. The zero-order valence-corrected chi connectivity index (χ0v) is 14.5. The number of aromatic nitrogens is 1. The number of rotatable bonds is 4. The van der Waals surface area contributed by atoms with Gasteiger partial charge < -0.3 is 5.32 Å². The smallest absolute Gasteiger partial charge is 0.172 e. The first-order valence-electron chi connectivity index (χ1n) is 5.97. The van der Waals surface area contributed by atoms with Gasteiger partial charge in [-0.15, -0.1) is 17.9 Å². The fourth-order valence-electron chi connectivity index (χ4n) is 2.20. The molecular weight excluding hydrogens is 300 g/mol. The molecule has 0 saturated heterocycles. The lowest BCUT2D eigenvalue weighted by Gasteiger charge is -2.27. The Morgan fingerprint density at radius 1 is 1.67 bits per heavy atom. The Kier molecular flexibility index (Phi) is 5.47. The Bertz CT molecular complexity index is 455. The Morgan fingerprint density at radius 2 is 2.44 bits per heavy atom. The molecule has 0 bridgehead atoms. The van der Waals surface area contributed by atoms with Crippen LogP contribution in [0.25, 0.3) is 0 Å². The van der Waals surface area contributed by atoms with Crippen molar-refractivity contribution in [3.8, 4) is 0 Å². The van der Waals surface area contributed by atoms with Gasteiger partial charge in [0.2, 0.25) is 0 Å². The van der Waals surface area contributed by atoms with E-state index in [1.54, 1.807) is 6.20 Å². The van der Waals surface area contributed by atoms with Crippen molar-refractivity contribution in [1.82, 2.24) is 4.98 Å². The van der Waals surface area contributed by atoms with Gasteiger partial charge in [-0.05, 0) is 19.8 Å². The highest BCUT2D eigenvalue weighted by molar-refractivity contribution is 8.63. The van der Waals surface area contributed by atoms with Crippen LogP contribution in [0.4, 0.5) is 5.69 Å². The van der Waals surface area contributed by atoms with Crippen LogP contribution in [0.1, 0.15) is 30.1 Å². The van der Waals surface area contributed by atoms with Crippen LogP contribution in [-0.2, 0) is 0 Å². The Labute approximate surface area is 115 Å². The number of pyridine rings is 1. The molecule has 0 amide bonds. The number of anilines is 1. The molecule has 0 spiro atoms. The van der Waals surface area contributed by atoms with E-state index in [1.165, 1.54) is 0 Å². The predicted octanol–water partition coefficient (Wildman–Crippen LogP) is 3.39. The maximum atomic E-state index is 12.6. The van der Waals surface area contributed by atoms with Crippen LogP contribution in [0.5, 0.6) is 0 Å². The largest absolute Gasteiger partial charge is 0.384 e. The molecule has 7 heteroatoms. The number of nitrogens with zero attached hydrogens (tertiary/aromatic N) is 1. The van der Waals surface area contributed by atoms with Crippen molar-refractivity contribution in [3.05, 3.63) is 17.8 Å². The maximum absolute atomic E-state index is 12.6. The highest BCUT2D eigenvalue weighted by Crippen LogP contribution is 2.65. The lowest BCUT2D eigenvalue weighted by Crippen LogP contribution is -2.33. The number of carbonyl (C=O) groups excluding carboxylic acids is 1. The normalized spacial score (nSPS) is 20.8. The lowest BCUT2D eigenvalue weighted by atomic mass is 9.90. The topological polar surface area (TPSA) is 42.0 Å². The molecule has 98 valence electrons. The van der Waals surface area contributed by atoms with E-state index in [9.17, 15) is 4.79 Å². The van der Waals surface area contributed by atoms with Gasteiger partial charge in [-0.2, -0.15) is 0 Å². The van der Waals surface area contributed by atoms with Crippen LogP contribution >= 0.6 is 33.1 Å². The Balaban J connectivity index is 2.41. The minimum atomic E-state index is -0.408. The van der Waals surface area contributed by atoms with Crippen LogP contribution < -0.4 is 10.8 Å². The van der Waals surface area contributed by atoms with E-state index in [4.69, 9.17) is 0 Å². The van der Waals surface area contributed by atoms with Gasteiger partial charge in [0.1, 0.15) is 0 Å². The SMILES string of the molecule is CCCC1CNc2ccnc(P(P)PP)c2C1=O. The number of hydrogen-bond donors (Lipinski definition) is 1. The highest BCUT2D eigenvalue weighted by Gasteiger charge is 2.30. The van der Waals surface area contributed by atoms with Gasteiger partial charge in [0.05, 0.1) is 11.0 Å². The van der Waals surface area contributed by atoms with Crippen molar-refractivity contribution in [2.75, 3.05) is 11.9 Å². The van der Waals surface area contributed by atoms with Gasteiger partial charge in [-0.3, -0.25) is 9.78 Å². The average Bonchev–Trinajstić information content (AvgIpc) is 2.40. The van der Waals surface area contributed by atoms with E-state index >= 15 is 0 Å². The second kappa shape index (κ2) is 6.67. The van der Waals surface area contributed by atoms with Crippen molar-refractivity contribution < 1.29 is 4.79 Å². The van der Waals surface area contributed by atoms with Crippen molar-refractivity contribution in [2.45, 2.75) is 19.8 Å². The summed E-state index contributed by atoms with van der Waals surface area (Å²) < 4.78 is 0. The fraction of sp³-hybridized carbons (Fsp3) is 0.455. The number of ketones is 1. The molecule has 2 heterocycles. The van der Waals surface area contributed by atoms with Gasteiger partial charge in [0.15, 0.2) is 5.78 Å². The lowest BCUT2D eigenvalue weighted by molar-refractivity contribution is 0.0916. The van der Waals surface area contributed by atoms with Crippen LogP contribution in [0.3, 0.4) is 0 Å². The van der Waals surface area contributed by atoms with Crippen LogP contribution in [0.2, 0.25) is 0 Å². The number of nitrogens with one attached hydrogen (secondary N) is 1. The van der Waals surface area contributed by atoms with E-state index in [2.05, 4.69) is 35.1 Å². The first kappa shape index (κ1) is 14.7. The van der Waals surface area contributed by atoms with Gasteiger partial charge in [-0.1, -0.05) is 21.3 Å². The molecule has 1 aliphatic heterocycles. The molecule has 2 rings (SSSR count). The number of fused-ring (bicyclic) bond motifs is 1. The molecule has 1 N–H and O–H groups in total. The van der Waals surface area contributed by atoms with Gasteiger partial charge in [-0.25, -0.2) is 0 Å². The zero-order chi connectivity index (χ0) is 13.1. The summed E-state index contributed by atoms with van der Waals surface area (Å²) in [5.41, 5.74) is 2.80. The monoisotopic (exact) mass is 318 g/mol. The Hall–Kier alpha value is 0.340. The van der Waals surface area contributed by atoms with Gasteiger partial charge in [0, 0.05) is 24.3 Å². The van der Waals surface area contributed by atoms with Crippen molar-refractivity contribution >= 4 is 50.0 Å². The first-order chi connectivity index (χ1) is 8.69. The first-order valence-corrected chi connectivity index (χ1v) is 12.6. The number of carbonyl (C=O) groups is 1. The quantitative estimate of drug-likeness (QED) is 0.865. The van der Waals surface area contributed by atoms with Crippen molar-refractivity contribution in [2.24, 2.45) is 5.92 Å². The van der Waals surface area contributed by atoms with E-state index in [1.807, 2.05) is 6.07 Å². The maximum Gasteiger partial charge on any atom is 0.172 e. The molecule has 1 aliphatic rings. The standard InChI is InChI=1S/C11H18N2OP4/c1-2-3-7-6-13-8-4-5-12-11(18(16)17-15)9(8)10(7)14/h4-5,7,13,17H,2-3,6,15-16H2,1H3. The van der Waals surface area contributed by atoms with E-state index in [-0.39, 0.29) is 11.7 Å². The highest BCUT2D eigenvalue weighted by atomic mass is 32.6. The van der Waals surface area contributed by atoms with Crippen LogP contribution in [0, 0.1) is 5.92 Å². The summed E-state index contributed by atoms with van der Waals surface area (Å²) in [5, 5.41) is 3.38. The summed E-state index contributed by atoms with van der Waals surface area (Å²) >= 11 is 0.